The Hall–Kier alpha value is -1.80. The molecule has 0 aliphatic carbocycles. The van der Waals surface area contributed by atoms with Crippen LogP contribution in [0.1, 0.15) is 16.1 Å². The molecule has 3 rings (SSSR count). The molecule has 138 valence electrons. The van der Waals surface area contributed by atoms with Crippen molar-refractivity contribution in [3.8, 4) is 5.75 Å². The summed E-state index contributed by atoms with van der Waals surface area (Å²) < 4.78 is 15.6. The lowest BCUT2D eigenvalue weighted by Crippen LogP contribution is -2.30. The van der Waals surface area contributed by atoms with Crippen LogP contribution in [-0.2, 0) is 11.3 Å². The summed E-state index contributed by atoms with van der Waals surface area (Å²) in [4.78, 5) is 11.7. The lowest BCUT2D eigenvalue weighted by molar-refractivity contribution is 0.0567. The zero-order valence-corrected chi connectivity index (χ0v) is 15.0. The molecule has 1 saturated heterocycles. The number of hydrogen-bond acceptors (Lipinski definition) is 7. The highest BCUT2D eigenvalue weighted by molar-refractivity contribution is 5.95. The van der Waals surface area contributed by atoms with Crippen LogP contribution in [-0.4, -0.2) is 51.0 Å². The summed E-state index contributed by atoms with van der Waals surface area (Å²) in [6.07, 6.45) is -0.312. The molecule has 2 aromatic rings. The van der Waals surface area contributed by atoms with Crippen molar-refractivity contribution in [1.82, 2.24) is 10.6 Å². The molecule has 2 atom stereocenters. The average molecular weight is 371 g/mol. The second kappa shape index (κ2) is 8.53. The van der Waals surface area contributed by atoms with Gasteiger partial charge in [0.2, 0.25) is 5.76 Å². The molecule has 0 bridgehead atoms. The van der Waals surface area contributed by atoms with Crippen LogP contribution >= 0.6 is 12.4 Å². The number of methoxy groups -OCH3 is 2. The zero-order chi connectivity index (χ0) is 17.1. The first-order chi connectivity index (χ1) is 11.6. The first-order valence-electron chi connectivity index (χ1n) is 7.91. The number of rotatable bonds is 6. The second-order valence-electron chi connectivity index (χ2n) is 5.89. The van der Waals surface area contributed by atoms with Crippen molar-refractivity contribution in [3.05, 3.63) is 29.5 Å². The van der Waals surface area contributed by atoms with Gasteiger partial charge < -0.3 is 29.6 Å². The van der Waals surface area contributed by atoms with Crippen molar-refractivity contribution in [2.75, 3.05) is 33.9 Å². The van der Waals surface area contributed by atoms with Crippen LogP contribution in [0.4, 0.5) is 0 Å². The fourth-order valence-corrected chi connectivity index (χ4v) is 2.99. The third-order valence-electron chi connectivity index (χ3n) is 4.37. The Labute approximate surface area is 152 Å². The van der Waals surface area contributed by atoms with Gasteiger partial charge >= 0.3 is 5.97 Å². The van der Waals surface area contributed by atoms with Crippen molar-refractivity contribution in [3.63, 3.8) is 0 Å². The van der Waals surface area contributed by atoms with Crippen molar-refractivity contribution in [2.24, 2.45) is 5.92 Å². The molecule has 2 unspecified atom stereocenters. The van der Waals surface area contributed by atoms with E-state index in [4.69, 9.17) is 13.9 Å². The highest BCUT2D eigenvalue weighted by atomic mass is 35.5. The van der Waals surface area contributed by atoms with E-state index in [1.165, 1.54) is 7.11 Å². The Morgan fingerprint density at radius 2 is 2.20 bits per heavy atom. The van der Waals surface area contributed by atoms with E-state index in [-0.39, 0.29) is 30.2 Å². The van der Waals surface area contributed by atoms with Crippen molar-refractivity contribution >= 4 is 29.3 Å². The minimum atomic E-state index is -0.521. The minimum absolute atomic E-state index is 0. The molecule has 7 nitrogen and oxygen atoms in total. The van der Waals surface area contributed by atoms with Gasteiger partial charge in [0.25, 0.3) is 0 Å². The van der Waals surface area contributed by atoms with E-state index in [1.807, 2.05) is 12.1 Å². The number of nitrogens with one attached hydrogen (secondary N) is 2. The Morgan fingerprint density at radius 1 is 1.40 bits per heavy atom. The highest BCUT2D eigenvalue weighted by Crippen LogP contribution is 2.31. The van der Waals surface area contributed by atoms with Gasteiger partial charge in [-0.15, -0.1) is 12.4 Å². The molecule has 25 heavy (non-hydrogen) atoms. The molecule has 1 aliphatic heterocycles. The van der Waals surface area contributed by atoms with Crippen molar-refractivity contribution in [2.45, 2.75) is 12.6 Å². The van der Waals surface area contributed by atoms with Crippen LogP contribution < -0.4 is 15.4 Å². The fraction of sp³-hybridized carbons (Fsp3) is 0.471. The highest BCUT2D eigenvalue weighted by Gasteiger charge is 2.24. The topological polar surface area (TPSA) is 93.0 Å². The largest absolute Gasteiger partial charge is 0.493 e. The number of benzene rings is 1. The Bertz CT molecular complexity index is 733. The molecule has 1 fully saturated rings. The Balaban J connectivity index is 0.00000225. The third kappa shape index (κ3) is 4.07. The van der Waals surface area contributed by atoms with Gasteiger partial charge in [-0.1, -0.05) is 6.07 Å². The van der Waals surface area contributed by atoms with Gasteiger partial charge in [-0.2, -0.15) is 0 Å². The van der Waals surface area contributed by atoms with Crippen LogP contribution in [0, 0.1) is 5.92 Å². The number of hydrogen-bond donors (Lipinski definition) is 3. The summed E-state index contributed by atoms with van der Waals surface area (Å²) in [5.74, 6) is 0.397. The summed E-state index contributed by atoms with van der Waals surface area (Å²) in [5.41, 5.74) is 1.52. The summed E-state index contributed by atoms with van der Waals surface area (Å²) in [5, 5.41) is 17.2. The van der Waals surface area contributed by atoms with Crippen molar-refractivity contribution < 1.29 is 23.8 Å². The van der Waals surface area contributed by atoms with Crippen LogP contribution in [0.3, 0.4) is 0 Å². The number of ether oxygens (including phenoxy) is 2. The van der Waals surface area contributed by atoms with Crippen LogP contribution in [0.5, 0.6) is 5.75 Å². The van der Waals surface area contributed by atoms with E-state index in [1.54, 1.807) is 13.2 Å². The smallest absolute Gasteiger partial charge is 0.373 e. The van der Waals surface area contributed by atoms with E-state index < -0.39 is 5.97 Å². The molecular formula is C17H23ClN2O5. The summed E-state index contributed by atoms with van der Waals surface area (Å²) in [7, 11) is 2.87. The first-order valence-corrected chi connectivity index (χ1v) is 7.91. The number of carbonyl (C=O) groups excluding carboxylic acids is 1. The van der Waals surface area contributed by atoms with Crippen LogP contribution in [0.2, 0.25) is 0 Å². The standard InChI is InChI=1S/C17H22N2O5.ClH/c1-22-14-4-3-10(6-18-7-11-8-19-9-13(11)20)12-5-15(17(21)23-2)24-16(12)14;/h3-5,11,13,18-20H,6-9H2,1-2H3;1H. The van der Waals surface area contributed by atoms with E-state index in [0.717, 1.165) is 17.5 Å². The maximum absolute atomic E-state index is 11.7. The van der Waals surface area contributed by atoms with Crippen molar-refractivity contribution in [1.29, 1.82) is 0 Å². The van der Waals surface area contributed by atoms with Gasteiger partial charge in [0.15, 0.2) is 11.3 Å². The Morgan fingerprint density at radius 3 is 2.84 bits per heavy atom. The van der Waals surface area contributed by atoms with E-state index in [2.05, 4.69) is 10.6 Å². The van der Waals surface area contributed by atoms with Gasteiger partial charge in [0, 0.05) is 37.5 Å². The number of esters is 1. The van der Waals surface area contributed by atoms with Crippen LogP contribution in [0.25, 0.3) is 11.0 Å². The summed E-state index contributed by atoms with van der Waals surface area (Å²) >= 11 is 0. The normalized spacial score (nSPS) is 19.6. The van der Waals surface area contributed by atoms with Gasteiger partial charge in [0.1, 0.15) is 0 Å². The molecule has 3 N–H and O–H groups in total. The predicted molar refractivity (Wildman–Crippen MR) is 95.4 cm³/mol. The predicted octanol–water partition coefficient (Wildman–Crippen LogP) is 1.32. The number of aliphatic hydroxyl groups is 1. The molecule has 2 heterocycles. The number of aliphatic hydroxyl groups excluding tert-OH is 1. The maximum Gasteiger partial charge on any atom is 0.373 e. The number of carbonyl (C=O) groups is 1. The molecule has 1 aromatic carbocycles. The molecule has 1 aromatic heterocycles. The molecule has 0 radical (unpaired) electrons. The number of fused-ring (bicyclic) bond motifs is 1. The first kappa shape index (κ1) is 19.5. The monoisotopic (exact) mass is 370 g/mol. The summed E-state index contributed by atoms with van der Waals surface area (Å²) in [6, 6.07) is 5.43. The van der Waals surface area contributed by atoms with Gasteiger partial charge in [-0.25, -0.2) is 4.79 Å². The molecule has 1 aliphatic rings. The lowest BCUT2D eigenvalue weighted by Gasteiger charge is -2.14. The zero-order valence-electron chi connectivity index (χ0n) is 14.2. The van der Waals surface area contributed by atoms with Crippen LogP contribution in [0.15, 0.2) is 22.6 Å². The minimum Gasteiger partial charge on any atom is -0.493 e. The molecule has 0 saturated carbocycles. The van der Waals surface area contributed by atoms with Gasteiger partial charge in [-0.05, 0) is 17.7 Å². The third-order valence-corrected chi connectivity index (χ3v) is 4.37. The number of furan rings is 1. The molecule has 8 heteroatoms. The van der Waals surface area contributed by atoms with Gasteiger partial charge in [0.05, 0.1) is 20.3 Å². The molecule has 0 spiro atoms. The van der Waals surface area contributed by atoms with E-state index >= 15 is 0 Å². The number of halogens is 1. The van der Waals surface area contributed by atoms with E-state index in [0.29, 0.717) is 31.0 Å². The lowest BCUT2D eigenvalue weighted by atomic mass is 10.1. The molecule has 0 amide bonds. The molecular weight excluding hydrogens is 348 g/mol. The summed E-state index contributed by atoms with van der Waals surface area (Å²) in [6.45, 7) is 2.76. The van der Waals surface area contributed by atoms with Gasteiger partial charge in [-0.3, -0.25) is 0 Å². The van der Waals surface area contributed by atoms with E-state index in [9.17, 15) is 9.90 Å². The second-order valence-corrected chi connectivity index (χ2v) is 5.89. The average Bonchev–Trinajstić information content (AvgIpc) is 3.21. The number of β-amino-alcohol motifs (C(OH)–C–C–N with tert-alkyl or cyclic N) is 1. The Kier molecular flexibility index (Phi) is 6.66. The quantitative estimate of drug-likeness (QED) is 0.660. The fourth-order valence-electron chi connectivity index (χ4n) is 2.99. The maximum atomic E-state index is 11.7. The SMILES string of the molecule is COC(=O)c1cc2c(CNCC3CNCC3O)ccc(OC)c2o1.Cl.